The van der Waals surface area contributed by atoms with Gasteiger partial charge in [-0.1, -0.05) is 18.2 Å². The van der Waals surface area contributed by atoms with Gasteiger partial charge in [0.1, 0.15) is 12.0 Å². The number of hydrogen-bond acceptors (Lipinski definition) is 5. The highest BCUT2D eigenvalue weighted by molar-refractivity contribution is 5.97. The van der Waals surface area contributed by atoms with E-state index in [1.807, 2.05) is 12.1 Å². The minimum absolute atomic E-state index is 0.137. The highest BCUT2D eigenvalue weighted by Crippen LogP contribution is 2.36. The Morgan fingerprint density at radius 2 is 2.19 bits per heavy atom. The quantitative estimate of drug-likeness (QED) is 0.878. The third kappa shape index (κ3) is 2.08. The molecule has 1 aromatic heterocycles. The zero-order valence-electron chi connectivity index (χ0n) is 11.2. The Bertz CT molecular complexity index is 704. The number of ether oxygens (including phenoxy) is 1. The maximum absolute atomic E-state index is 12.1. The lowest BCUT2D eigenvalue weighted by Gasteiger charge is -2.26. The first-order valence-electron chi connectivity index (χ1n) is 6.91. The number of para-hydroxylation sites is 1. The van der Waals surface area contributed by atoms with Crippen LogP contribution in [0.3, 0.4) is 0 Å². The summed E-state index contributed by atoms with van der Waals surface area (Å²) in [6.07, 6.45) is 3.06. The van der Waals surface area contributed by atoms with Crippen LogP contribution in [-0.4, -0.2) is 28.5 Å². The minimum atomic E-state index is -0.523. The molecule has 21 heavy (non-hydrogen) atoms. The van der Waals surface area contributed by atoms with Crippen molar-refractivity contribution in [2.24, 2.45) is 0 Å². The van der Waals surface area contributed by atoms with Crippen molar-refractivity contribution in [1.82, 2.24) is 9.97 Å². The molecular weight excluding hydrogens is 268 g/mol. The van der Waals surface area contributed by atoms with Gasteiger partial charge < -0.3 is 15.4 Å². The van der Waals surface area contributed by atoms with Crippen LogP contribution in [0.5, 0.6) is 5.88 Å². The molecule has 0 radical (unpaired) electrons. The fourth-order valence-electron chi connectivity index (χ4n) is 2.88. The molecule has 1 aromatic carbocycles. The first-order valence-corrected chi connectivity index (χ1v) is 6.91. The average molecular weight is 282 g/mol. The summed E-state index contributed by atoms with van der Waals surface area (Å²) in [5, 5.41) is 6.16. The van der Waals surface area contributed by atoms with Crippen molar-refractivity contribution in [3.05, 3.63) is 42.4 Å². The number of nitrogens with zero attached hydrogens (tertiary/aromatic N) is 2. The van der Waals surface area contributed by atoms with Gasteiger partial charge in [0.25, 0.3) is 5.91 Å². The zero-order valence-corrected chi connectivity index (χ0v) is 11.2. The summed E-state index contributed by atoms with van der Waals surface area (Å²) >= 11 is 0. The van der Waals surface area contributed by atoms with Crippen molar-refractivity contribution in [2.75, 3.05) is 17.2 Å². The Kier molecular flexibility index (Phi) is 2.73. The number of carbonyl (C=O) groups is 1. The first kappa shape index (κ1) is 12.1. The van der Waals surface area contributed by atoms with Crippen LogP contribution >= 0.6 is 0 Å². The topological polar surface area (TPSA) is 76.1 Å². The Morgan fingerprint density at radius 3 is 3.14 bits per heavy atom. The summed E-state index contributed by atoms with van der Waals surface area (Å²) in [6.45, 7) is 0.823. The second-order valence-electron chi connectivity index (χ2n) is 5.24. The standard InChI is InChI=1S/C15H14N4O2/c20-14-13(21-15-12(19-14)7-16-8-18-15)5-9-6-17-11-4-2-1-3-10(9)11/h1-4,7-9,13,17H,5-6H2,(H,19,20). The van der Waals surface area contributed by atoms with Gasteiger partial charge in [-0.05, 0) is 11.6 Å². The van der Waals surface area contributed by atoms with Crippen LogP contribution in [0.4, 0.5) is 11.4 Å². The maximum atomic E-state index is 12.1. The van der Waals surface area contributed by atoms with Gasteiger partial charge in [0, 0.05) is 24.6 Å². The molecule has 2 aliphatic rings. The summed E-state index contributed by atoms with van der Waals surface area (Å²) in [5.74, 6) is 0.566. The van der Waals surface area contributed by atoms with Gasteiger partial charge in [-0.2, -0.15) is 4.98 Å². The van der Waals surface area contributed by atoms with Gasteiger partial charge in [0.2, 0.25) is 5.88 Å². The van der Waals surface area contributed by atoms with Gasteiger partial charge in [-0.3, -0.25) is 4.79 Å². The van der Waals surface area contributed by atoms with Crippen LogP contribution in [0.1, 0.15) is 17.9 Å². The van der Waals surface area contributed by atoms with Crippen molar-refractivity contribution in [3.8, 4) is 5.88 Å². The van der Waals surface area contributed by atoms with Crippen LogP contribution in [-0.2, 0) is 4.79 Å². The number of benzene rings is 1. The van der Waals surface area contributed by atoms with E-state index in [2.05, 4.69) is 32.7 Å². The number of hydrogen-bond donors (Lipinski definition) is 2. The predicted molar refractivity (Wildman–Crippen MR) is 77.4 cm³/mol. The molecule has 6 nitrogen and oxygen atoms in total. The predicted octanol–water partition coefficient (Wildman–Crippen LogP) is 1.78. The summed E-state index contributed by atoms with van der Waals surface area (Å²) < 4.78 is 5.73. The van der Waals surface area contributed by atoms with Gasteiger partial charge in [-0.25, -0.2) is 4.98 Å². The molecule has 2 unspecified atom stereocenters. The number of fused-ring (bicyclic) bond motifs is 2. The van der Waals surface area contributed by atoms with Crippen LogP contribution in [0.2, 0.25) is 0 Å². The maximum Gasteiger partial charge on any atom is 0.265 e. The third-order valence-electron chi connectivity index (χ3n) is 3.92. The number of rotatable bonds is 2. The lowest BCUT2D eigenvalue weighted by atomic mass is 9.94. The van der Waals surface area contributed by atoms with Crippen molar-refractivity contribution in [2.45, 2.75) is 18.4 Å². The number of nitrogens with one attached hydrogen (secondary N) is 2. The third-order valence-corrected chi connectivity index (χ3v) is 3.92. The van der Waals surface area contributed by atoms with Crippen molar-refractivity contribution < 1.29 is 9.53 Å². The van der Waals surface area contributed by atoms with E-state index < -0.39 is 6.10 Å². The largest absolute Gasteiger partial charge is 0.463 e. The average Bonchev–Trinajstić information content (AvgIpc) is 2.91. The monoisotopic (exact) mass is 282 g/mol. The molecular formula is C15H14N4O2. The van der Waals surface area contributed by atoms with E-state index in [9.17, 15) is 4.79 Å². The molecule has 0 saturated carbocycles. The molecule has 2 atom stereocenters. The van der Waals surface area contributed by atoms with Crippen LogP contribution in [0, 0.1) is 0 Å². The van der Waals surface area contributed by atoms with Crippen molar-refractivity contribution in [3.63, 3.8) is 0 Å². The fraction of sp³-hybridized carbons (Fsp3) is 0.267. The van der Waals surface area contributed by atoms with Crippen LogP contribution in [0.25, 0.3) is 0 Å². The molecule has 2 aromatic rings. The van der Waals surface area contributed by atoms with Gasteiger partial charge in [0.15, 0.2) is 6.10 Å². The highest BCUT2D eigenvalue weighted by atomic mass is 16.5. The Morgan fingerprint density at radius 1 is 1.29 bits per heavy atom. The van der Waals surface area contributed by atoms with E-state index in [4.69, 9.17) is 4.74 Å². The highest BCUT2D eigenvalue weighted by Gasteiger charge is 2.33. The second kappa shape index (κ2) is 4.73. The molecule has 0 fully saturated rings. The first-order chi connectivity index (χ1) is 10.3. The number of carbonyl (C=O) groups excluding carboxylic acids is 1. The van der Waals surface area contributed by atoms with Crippen molar-refractivity contribution in [1.29, 1.82) is 0 Å². The zero-order chi connectivity index (χ0) is 14.2. The summed E-state index contributed by atoms with van der Waals surface area (Å²) in [7, 11) is 0. The molecule has 0 aliphatic carbocycles. The molecule has 0 spiro atoms. The van der Waals surface area contributed by atoms with E-state index >= 15 is 0 Å². The minimum Gasteiger partial charge on any atom is -0.463 e. The Hall–Kier alpha value is -2.63. The van der Waals surface area contributed by atoms with E-state index in [0.717, 1.165) is 12.2 Å². The molecule has 1 amide bonds. The fourth-order valence-corrected chi connectivity index (χ4v) is 2.88. The van der Waals surface area contributed by atoms with E-state index in [0.29, 0.717) is 18.0 Å². The normalized spacial score (nSPS) is 22.6. The molecule has 2 N–H and O–H groups in total. The van der Waals surface area contributed by atoms with Gasteiger partial charge in [0.05, 0.1) is 6.20 Å². The summed E-state index contributed by atoms with van der Waals surface area (Å²) in [4.78, 5) is 20.1. The number of amides is 1. The van der Waals surface area contributed by atoms with Gasteiger partial charge in [-0.15, -0.1) is 0 Å². The van der Waals surface area contributed by atoms with Crippen molar-refractivity contribution >= 4 is 17.3 Å². The summed E-state index contributed by atoms with van der Waals surface area (Å²) in [6, 6.07) is 8.17. The van der Waals surface area contributed by atoms with Crippen LogP contribution < -0.4 is 15.4 Å². The molecule has 3 heterocycles. The molecule has 6 heteroatoms. The summed E-state index contributed by atoms with van der Waals surface area (Å²) in [5.41, 5.74) is 2.91. The number of aromatic nitrogens is 2. The molecule has 0 saturated heterocycles. The Labute approximate surface area is 121 Å². The van der Waals surface area contributed by atoms with E-state index in [1.54, 1.807) is 6.20 Å². The Balaban J connectivity index is 1.55. The van der Waals surface area contributed by atoms with E-state index in [-0.39, 0.29) is 11.8 Å². The SMILES string of the molecule is O=C1Nc2cncnc2OC1CC1CNc2ccccc21. The van der Waals surface area contributed by atoms with Crippen LogP contribution in [0.15, 0.2) is 36.8 Å². The second-order valence-corrected chi connectivity index (χ2v) is 5.24. The molecule has 4 rings (SSSR count). The smallest absolute Gasteiger partial charge is 0.265 e. The number of anilines is 2. The molecule has 2 aliphatic heterocycles. The lowest BCUT2D eigenvalue weighted by molar-refractivity contribution is -0.124. The van der Waals surface area contributed by atoms with Gasteiger partial charge >= 0.3 is 0 Å². The molecule has 106 valence electrons. The lowest BCUT2D eigenvalue weighted by Crippen LogP contribution is -2.38. The molecule has 0 bridgehead atoms. The van der Waals surface area contributed by atoms with E-state index in [1.165, 1.54) is 11.9 Å².